The van der Waals surface area contributed by atoms with E-state index in [-0.39, 0.29) is 0 Å². The van der Waals surface area contributed by atoms with Crippen molar-refractivity contribution in [2.45, 2.75) is 125 Å². The topological polar surface area (TPSA) is 0 Å². The van der Waals surface area contributed by atoms with Gasteiger partial charge >= 0.3 is 0 Å². The van der Waals surface area contributed by atoms with E-state index in [1.54, 1.807) is 0 Å². The third kappa shape index (κ3) is 4.72. The van der Waals surface area contributed by atoms with Gasteiger partial charge in [0.15, 0.2) is 0 Å². The van der Waals surface area contributed by atoms with Gasteiger partial charge in [-0.15, -0.1) is 0 Å². The van der Waals surface area contributed by atoms with E-state index in [1.165, 1.54) is 122 Å². The first-order valence-electron chi connectivity index (χ1n) is 15.0. The molecular formula is C40H54. The summed E-state index contributed by atoms with van der Waals surface area (Å²) in [7, 11) is 0. The average Bonchev–Trinajstić information content (AvgIpc) is 2.91. The number of rotatable bonds is 4. The molecule has 0 amide bonds. The zero-order chi connectivity index (χ0) is 30.7. The maximum atomic E-state index is 2.34. The van der Waals surface area contributed by atoms with Crippen LogP contribution >= 0.6 is 0 Å². The van der Waals surface area contributed by atoms with E-state index >= 15 is 0 Å². The minimum Gasteiger partial charge on any atom is -0.0447 e. The van der Waals surface area contributed by atoms with Gasteiger partial charge in [0.05, 0.1) is 0 Å². The molecule has 0 aliphatic heterocycles. The SMILES string of the molecule is C/C(=C(/C)c1c(C)c(C)c(/C(C)=C(\C)c2c(C)c(C)c(C)c(C)c2C)c(C)c1C)c1c(C)c(C)c(C)c(C)c1C. The van der Waals surface area contributed by atoms with Crippen LogP contribution in [0, 0.1) is 96.9 Å². The Morgan fingerprint density at radius 3 is 0.450 bits per heavy atom. The van der Waals surface area contributed by atoms with Crippen molar-refractivity contribution in [1.29, 1.82) is 0 Å². The van der Waals surface area contributed by atoms with Crippen LogP contribution in [0.1, 0.15) is 128 Å². The Morgan fingerprint density at radius 1 is 0.200 bits per heavy atom. The highest BCUT2D eigenvalue weighted by Gasteiger charge is 2.22. The van der Waals surface area contributed by atoms with Crippen LogP contribution in [-0.2, 0) is 0 Å². The molecule has 0 atom stereocenters. The molecule has 3 aromatic rings. The van der Waals surface area contributed by atoms with Crippen molar-refractivity contribution in [2.24, 2.45) is 0 Å². The summed E-state index contributed by atoms with van der Waals surface area (Å²) >= 11 is 0. The van der Waals surface area contributed by atoms with Crippen molar-refractivity contribution in [3.05, 3.63) is 100 Å². The summed E-state index contributed by atoms with van der Waals surface area (Å²) in [5, 5.41) is 0. The van der Waals surface area contributed by atoms with Crippen molar-refractivity contribution in [1.82, 2.24) is 0 Å². The summed E-state index contributed by atoms with van der Waals surface area (Å²) < 4.78 is 0. The monoisotopic (exact) mass is 534 g/mol. The lowest BCUT2D eigenvalue weighted by molar-refractivity contribution is 1.15. The molecule has 0 N–H and O–H groups in total. The summed E-state index contributed by atoms with van der Waals surface area (Å²) in [6.45, 7) is 41.5. The quantitative estimate of drug-likeness (QED) is 0.292. The van der Waals surface area contributed by atoms with Gasteiger partial charge in [0.1, 0.15) is 0 Å². The van der Waals surface area contributed by atoms with Crippen molar-refractivity contribution >= 4 is 22.3 Å². The van der Waals surface area contributed by atoms with Crippen LogP contribution in [0.2, 0.25) is 0 Å². The number of hydrogen-bond acceptors (Lipinski definition) is 0. The molecule has 40 heavy (non-hydrogen) atoms. The molecule has 0 saturated carbocycles. The molecule has 0 nitrogen and oxygen atoms in total. The molecule has 0 aliphatic carbocycles. The molecule has 0 heteroatoms. The van der Waals surface area contributed by atoms with Gasteiger partial charge in [-0.3, -0.25) is 0 Å². The minimum atomic E-state index is 1.40. The van der Waals surface area contributed by atoms with Crippen LogP contribution in [0.5, 0.6) is 0 Å². The Kier molecular flexibility index (Phi) is 8.86. The molecule has 0 radical (unpaired) electrons. The molecule has 3 rings (SSSR count). The third-order valence-corrected chi connectivity index (χ3v) is 11.2. The molecule has 0 aliphatic rings. The van der Waals surface area contributed by atoms with Crippen molar-refractivity contribution in [3.63, 3.8) is 0 Å². The van der Waals surface area contributed by atoms with Crippen molar-refractivity contribution in [2.75, 3.05) is 0 Å². The summed E-state index contributed by atoms with van der Waals surface area (Å²) in [5.74, 6) is 0. The smallest absolute Gasteiger partial charge is 0.0160 e. The normalized spacial score (nSPS) is 13.1. The highest BCUT2D eigenvalue weighted by Crippen LogP contribution is 2.42. The first kappa shape index (κ1) is 31.7. The lowest BCUT2D eigenvalue weighted by atomic mass is 9.78. The number of benzene rings is 3. The predicted molar refractivity (Wildman–Crippen MR) is 182 cm³/mol. The van der Waals surface area contributed by atoms with Crippen LogP contribution in [0.25, 0.3) is 22.3 Å². The fraction of sp³-hybridized carbons (Fsp3) is 0.450. The molecule has 0 fully saturated rings. The second-order valence-electron chi connectivity index (χ2n) is 12.8. The molecule has 0 saturated heterocycles. The molecule has 0 aromatic heterocycles. The summed E-state index contributed by atoms with van der Waals surface area (Å²) in [5.41, 5.74) is 31.1. The van der Waals surface area contributed by atoms with Crippen molar-refractivity contribution in [3.8, 4) is 0 Å². The largest absolute Gasteiger partial charge is 0.0447 e. The second-order valence-corrected chi connectivity index (χ2v) is 12.8. The van der Waals surface area contributed by atoms with Gasteiger partial charge < -0.3 is 0 Å². The van der Waals surface area contributed by atoms with Gasteiger partial charge in [-0.25, -0.2) is 0 Å². The molecule has 3 aromatic carbocycles. The number of allylic oxidation sites excluding steroid dienone is 4. The predicted octanol–water partition coefficient (Wildman–Crippen LogP) is 11.9. The standard InChI is InChI=1S/C40H54/c1-19-21(3)25(7)37(26(8)22(19)4)29(11)31(13)39-33(15)35(17)40(36(18)34(39)16)32(14)30(12)38-27(9)23(5)20(2)24(6)28(38)10/h1-18H3/b31-29+,32-30+. The highest BCUT2D eigenvalue weighted by molar-refractivity contribution is 5.97. The van der Waals surface area contributed by atoms with Crippen LogP contribution in [0.3, 0.4) is 0 Å². The van der Waals surface area contributed by atoms with E-state index in [9.17, 15) is 0 Å². The molecule has 0 bridgehead atoms. The molecule has 0 heterocycles. The van der Waals surface area contributed by atoms with Gasteiger partial charge in [0.2, 0.25) is 0 Å². The Bertz CT molecular complexity index is 1420. The molecule has 214 valence electrons. The lowest BCUT2D eigenvalue weighted by Gasteiger charge is -2.26. The van der Waals surface area contributed by atoms with Crippen LogP contribution in [-0.4, -0.2) is 0 Å². The summed E-state index contributed by atoms with van der Waals surface area (Å²) in [4.78, 5) is 0. The maximum Gasteiger partial charge on any atom is -0.0160 e. The van der Waals surface area contributed by atoms with Gasteiger partial charge in [0, 0.05) is 0 Å². The van der Waals surface area contributed by atoms with E-state index in [1.807, 2.05) is 0 Å². The zero-order valence-corrected chi connectivity index (χ0v) is 29.0. The van der Waals surface area contributed by atoms with Gasteiger partial charge in [-0.05, 0) is 247 Å². The van der Waals surface area contributed by atoms with Gasteiger partial charge in [-0.2, -0.15) is 0 Å². The molecule has 0 unspecified atom stereocenters. The van der Waals surface area contributed by atoms with Crippen LogP contribution < -0.4 is 0 Å². The average molecular weight is 535 g/mol. The van der Waals surface area contributed by atoms with E-state index in [0.29, 0.717) is 0 Å². The van der Waals surface area contributed by atoms with Crippen LogP contribution in [0.15, 0.2) is 0 Å². The van der Waals surface area contributed by atoms with Gasteiger partial charge in [0.25, 0.3) is 0 Å². The highest BCUT2D eigenvalue weighted by atomic mass is 14.3. The minimum absolute atomic E-state index is 1.40. The Labute approximate surface area is 246 Å². The zero-order valence-electron chi connectivity index (χ0n) is 29.0. The fourth-order valence-electron chi connectivity index (χ4n) is 7.31. The first-order chi connectivity index (χ1) is 18.4. The van der Waals surface area contributed by atoms with Crippen molar-refractivity contribution < 1.29 is 0 Å². The summed E-state index contributed by atoms with van der Waals surface area (Å²) in [6.07, 6.45) is 0. The molecule has 0 spiro atoms. The summed E-state index contributed by atoms with van der Waals surface area (Å²) in [6, 6.07) is 0. The van der Waals surface area contributed by atoms with E-state index in [2.05, 4.69) is 125 Å². The fourth-order valence-corrected chi connectivity index (χ4v) is 7.31. The van der Waals surface area contributed by atoms with Gasteiger partial charge in [-0.1, -0.05) is 0 Å². The Morgan fingerprint density at radius 2 is 0.300 bits per heavy atom. The lowest BCUT2D eigenvalue weighted by Crippen LogP contribution is -2.07. The number of hydrogen-bond donors (Lipinski definition) is 0. The van der Waals surface area contributed by atoms with E-state index in [0.717, 1.165) is 0 Å². The van der Waals surface area contributed by atoms with E-state index < -0.39 is 0 Å². The maximum absolute atomic E-state index is 2.34. The third-order valence-electron chi connectivity index (χ3n) is 11.2. The Balaban J connectivity index is 2.36. The Hall–Kier alpha value is -2.86. The second kappa shape index (κ2) is 11.2. The van der Waals surface area contributed by atoms with Crippen LogP contribution in [0.4, 0.5) is 0 Å². The van der Waals surface area contributed by atoms with E-state index in [4.69, 9.17) is 0 Å². The first-order valence-corrected chi connectivity index (χ1v) is 15.0. The molecular weight excluding hydrogens is 480 g/mol.